The van der Waals surface area contributed by atoms with Crippen LogP contribution < -0.4 is 5.32 Å². The van der Waals surface area contributed by atoms with Gasteiger partial charge in [-0.25, -0.2) is 9.59 Å². The molecule has 146 valence electrons. The van der Waals surface area contributed by atoms with Crippen molar-refractivity contribution in [3.63, 3.8) is 0 Å². The van der Waals surface area contributed by atoms with E-state index in [-0.39, 0.29) is 28.8 Å². The van der Waals surface area contributed by atoms with Crippen LogP contribution in [0.5, 0.6) is 0 Å². The zero-order valence-corrected chi connectivity index (χ0v) is 17.3. The summed E-state index contributed by atoms with van der Waals surface area (Å²) in [5, 5.41) is 11.9. The Labute approximate surface area is 180 Å². The number of aromatic carboxylic acids is 1. The molecule has 0 saturated carbocycles. The van der Waals surface area contributed by atoms with Crippen LogP contribution in [0, 0.1) is 0 Å². The fraction of sp³-hybridized carbons (Fsp3) is 0.0909. The van der Waals surface area contributed by atoms with Gasteiger partial charge in [0.1, 0.15) is 12.2 Å². The van der Waals surface area contributed by atoms with Gasteiger partial charge in [0.15, 0.2) is 0 Å². The number of carbonyl (C=O) groups excluding carboxylic acids is 1. The number of hydrogen-bond acceptors (Lipinski definition) is 3. The van der Waals surface area contributed by atoms with Gasteiger partial charge < -0.3 is 9.84 Å². The third kappa shape index (κ3) is 3.61. The lowest BCUT2D eigenvalue weighted by molar-refractivity contribution is 0.0698. The number of nitrogens with one attached hydrogen (secondary N) is 1. The van der Waals surface area contributed by atoms with E-state index in [0.717, 1.165) is 22.3 Å². The van der Waals surface area contributed by atoms with Gasteiger partial charge in [-0.2, -0.15) is 0 Å². The molecule has 1 aliphatic carbocycles. The maximum Gasteiger partial charge on any atom is 0.411 e. The average molecular weight is 473 g/mol. The maximum absolute atomic E-state index is 12.4. The van der Waals surface area contributed by atoms with Crippen LogP contribution in [0.3, 0.4) is 0 Å². The Morgan fingerprint density at radius 2 is 1.59 bits per heavy atom. The lowest BCUT2D eigenvalue weighted by Crippen LogP contribution is -2.19. The van der Waals surface area contributed by atoms with Crippen molar-refractivity contribution in [2.75, 3.05) is 11.9 Å². The topological polar surface area (TPSA) is 75.6 Å². The van der Waals surface area contributed by atoms with E-state index >= 15 is 0 Å². The number of rotatable bonds is 4. The van der Waals surface area contributed by atoms with Crippen molar-refractivity contribution in [3.05, 3.63) is 86.8 Å². The van der Waals surface area contributed by atoms with E-state index in [1.807, 2.05) is 36.4 Å². The van der Waals surface area contributed by atoms with Gasteiger partial charge in [-0.3, -0.25) is 5.32 Å². The lowest BCUT2D eigenvalue weighted by atomic mass is 9.98. The molecule has 1 aliphatic rings. The summed E-state index contributed by atoms with van der Waals surface area (Å²) >= 11 is 9.23. The van der Waals surface area contributed by atoms with Gasteiger partial charge in [0.2, 0.25) is 0 Å². The highest BCUT2D eigenvalue weighted by molar-refractivity contribution is 9.10. The SMILES string of the molecule is O=C(Nc1c(Br)ccc(Cl)c1C(=O)O)OCC1c2ccccc2-c2ccccc21. The highest BCUT2D eigenvalue weighted by Gasteiger charge is 2.29. The number of fused-ring (bicyclic) bond motifs is 3. The average Bonchev–Trinajstić information content (AvgIpc) is 3.03. The standard InChI is InChI=1S/C22H15BrClNO4/c23-17-9-10-18(24)19(21(26)27)20(17)25-22(28)29-11-16-14-7-3-1-5-12(14)13-6-2-4-8-15(13)16/h1-10,16H,11H2,(H,25,28)(H,26,27). The Morgan fingerprint density at radius 1 is 1.00 bits per heavy atom. The van der Waals surface area contributed by atoms with Gasteiger partial charge in [-0.1, -0.05) is 60.1 Å². The minimum atomic E-state index is -1.25. The number of benzene rings is 3. The number of ether oxygens (including phenoxy) is 1. The summed E-state index contributed by atoms with van der Waals surface area (Å²) < 4.78 is 5.86. The normalized spacial score (nSPS) is 12.2. The van der Waals surface area contributed by atoms with Gasteiger partial charge in [-0.15, -0.1) is 0 Å². The van der Waals surface area contributed by atoms with Crippen LogP contribution in [-0.2, 0) is 4.74 Å². The molecule has 2 N–H and O–H groups in total. The summed E-state index contributed by atoms with van der Waals surface area (Å²) in [5.74, 6) is -1.33. The van der Waals surface area contributed by atoms with Crippen LogP contribution in [0.25, 0.3) is 11.1 Å². The highest BCUT2D eigenvalue weighted by atomic mass is 79.9. The first-order chi connectivity index (χ1) is 14.0. The number of anilines is 1. The van der Waals surface area contributed by atoms with Gasteiger partial charge in [0, 0.05) is 10.4 Å². The molecule has 0 bridgehead atoms. The Hall–Kier alpha value is -2.83. The monoisotopic (exact) mass is 471 g/mol. The predicted octanol–water partition coefficient (Wildman–Crippen LogP) is 6.16. The van der Waals surface area contributed by atoms with Gasteiger partial charge in [0.05, 0.1) is 10.7 Å². The first kappa shape index (κ1) is 19.5. The van der Waals surface area contributed by atoms with Crippen LogP contribution in [0.1, 0.15) is 27.4 Å². The van der Waals surface area contributed by atoms with Crippen molar-refractivity contribution in [3.8, 4) is 11.1 Å². The molecule has 0 spiro atoms. The molecule has 0 unspecified atom stereocenters. The molecule has 4 rings (SSSR count). The quantitative estimate of drug-likeness (QED) is 0.477. The molecule has 0 aliphatic heterocycles. The molecule has 0 heterocycles. The van der Waals surface area contributed by atoms with E-state index in [0.29, 0.717) is 4.47 Å². The van der Waals surface area contributed by atoms with Gasteiger partial charge in [-0.05, 0) is 50.3 Å². The van der Waals surface area contributed by atoms with Crippen molar-refractivity contribution < 1.29 is 19.4 Å². The number of carbonyl (C=O) groups is 2. The molecular formula is C22H15BrClNO4. The maximum atomic E-state index is 12.4. The van der Waals surface area contributed by atoms with Crippen LogP contribution in [0.15, 0.2) is 65.1 Å². The first-order valence-corrected chi connectivity index (χ1v) is 9.97. The Kier molecular flexibility index (Phi) is 5.30. The molecule has 7 heteroatoms. The van der Waals surface area contributed by atoms with E-state index in [9.17, 15) is 14.7 Å². The number of amides is 1. The van der Waals surface area contributed by atoms with E-state index < -0.39 is 12.1 Å². The summed E-state index contributed by atoms with van der Waals surface area (Å²) in [4.78, 5) is 24.0. The number of carboxylic acids is 1. The van der Waals surface area contributed by atoms with Crippen molar-refractivity contribution in [2.24, 2.45) is 0 Å². The third-order valence-electron chi connectivity index (χ3n) is 4.89. The summed E-state index contributed by atoms with van der Waals surface area (Å²) in [5.41, 5.74) is 4.30. The summed E-state index contributed by atoms with van der Waals surface area (Å²) in [7, 11) is 0. The number of carboxylic acid groups (broad SMARTS) is 1. The summed E-state index contributed by atoms with van der Waals surface area (Å²) in [6, 6.07) is 19.0. The lowest BCUT2D eigenvalue weighted by Gasteiger charge is -2.16. The Morgan fingerprint density at radius 3 is 2.17 bits per heavy atom. The minimum Gasteiger partial charge on any atom is -0.478 e. The van der Waals surface area contributed by atoms with E-state index in [4.69, 9.17) is 16.3 Å². The van der Waals surface area contributed by atoms with E-state index in [1.165, 1.54) is 6.07 Å². The molecule has 0 fully saturated rings. The second-order valence-corrected chi connectivity index (χ2v) is 7.80. The third-order valence-corrected chi connectivity index (χ3v) is 5.86. The molecule has 3 aromatic carbocycles. The molecule has 3 aromatic rings. The van der Waals surface area contributed by atoms with Crippen LogP contribution in [-0.4, -0.2) is 23.8 Å². The Bertz CT molecular complexity index is 1090. The molecule has 0 aromatic heterocycles. The molecular weight excluding hydrogens is 458 g/mol. The second kappa shape index (κ2) is 7.89. The van der Waals surface area contributed by atoms with E-state index in [2.05, 4.69) is 33.4 Å². The largest absolute Gasteiger partial charge is 0.478 e. The minimum absolute atomic E-state index is 0.0228. The van der Waals surface area contributed by atoms with Gasteiger partial charge >= 0.3 is 12.1 Å². The number of hydrogen-bond donors (Lipinski definition) is 2. The van der Waals surface area contributed by atoms with E-state index in [1.54, 1.807) is 6.07 Å². The van der Waals surface area contributed by atoms with Crippen molar-refractivity contribution in [2.45, 2.75) is 5.92 Å². The zero-order chi connectivity index (χ0) is 20.5. The predicted molar refractivity (Wildman–Crippen MR) is 115 cm³/mol. The molecule has 29 heavy (non-hydrogen) atoms. The number of halogens is 2. The van der Waals surface area contributed by atoms with Crippen molar-refractivity contribution in [1.29, 1.82) is 0 Å². The molecule has 1 amide bonds. The fourth-order valence-corrected chi connectivity index (χ4v) is 4.29. The molecule has 5 nitrogen and oxygen atoms in total. The smallest absolute Gasteiger partial charge is 0.411 e. The zero-order valence-electron chi connectivity index (χ0n) is 15.0. The second-order valence-electron chi connectivity index (χ2n) is 6.53. The van der Waals surface area contributed by atoms with Gasteiger partial charge in [0.25, 0.3) is 0 Å². The Balaban J connectivity index is 1.55. The van der Waals surface area contributed by atoms with Crippen molar-refractivity contribution >= 4 is 45.3 Å². The van der Waals surface area contributed by atoms with Crippen LogP contribution in [0.4, 0.5) is 10.5 Å². The van der Waals surface area contributed by atoms with Crippen LogP contribution >= 0.6 is 27.5 Å². The summed E-state index contributed by atoms with van der Waals surface area (Å²) in [6.45, 7) is 0.125. The molecule has 0 saturated heterocycles. The fourth-order valence-electron chi connectivity index (χ4n) is 3.62. The highest BCUT2D eigenvalue weighted by Crippen LogP contribution is 2.44. The van der Waals surface area contributed by atoms with Crippen molar-refractivity contribution in [1.82, 2.24) is 0 Å². The van der Waals surface area contributed by atoms with Crippen LogP contribution in [0.2, 0.25) is 5.02 Å². The molecule has 0 radical (unpaired) electrons. The molecule has 0 atom stereocenters. The first-order valence-electron chi connectivity index (χ1n) is 8.80. The summed E-state index contributed by atoms with van der Waals surface area (Å²) in [6.07, 6.45) is -0.752.